The Labute approximate surface area is 548 Å². The molecule has 0 aliphatic carbocycles. The minimum absolute atomic E-state index is 0.0988. The number of carbonyl (C=O) groups excluding carboxylic acids is 4. The highest BCUT2D eigenvalue weighted by Gasteiger charge is 2.30. The second-order valence-corrected chi connectivity index (χ2v) is 29.0. The van der Waals surface area contributed by atoms with E-state index >= 15 is 0 Å². The summed E-state index contributed by atoms with van der Waals surface area (Å²) < 4.78 is 68.2. The highest BCUT2D eigenvalue weighted by Crippen LogP contribution is 2.45. The van der Waals surface area contributed by atoms with E-state index in [4.69, 9.17) is 37.0 Å². The summed E-state index contributed by atoms with van der Waals surface area (Å²) in [6.07, 6.45) is 48.1. The Morgan fingerprint density at radius 2 is 0.656 bits per heavy atom. The number of hydrogen-bond acceptors (Lipinski definition) is 15. The van der Waals surface area contributed by atoms with Crippen molar-refractivity contribution in [1.29, 1.82) is 0 Å². The van der Waals surface area contributed by atoms with Gasteiger partial charge in [0, 0.05) is 25.7 Å². The third kappa shape index (κ3) is 63.0. The van der Waals surface area contributed by atoms with Crippen LogP contribution in [-0.2, 0) is 65.4 Å². The molecule has 0 aromatic rings. The monoisotopic (exact) mass is 1320 g/mol. The van der Waals surface area contributed by atoms with Crippen molar-refractivity contribution in [2.45, 2.75) is 349 Å². The third-order valence-electron chi connectivity index (χ3n) is 16.1. The van der Waals surface area contributed by atoms with Crippen molar-refractivity contribution in [3.63, 3.8) is 0 Å². The summed E-state index contributed by atoms with van der Waals surface area (Å²) in [5.74, 6) is 0.0546. The van der Waals surface area contributed by atoms with E-state index in [1.54, 1.807) is 0 Å². The molecular formula is C71H134O17P2. The van der Waals surface area contributed by atoms with Gasteiger partial charge in [0.15, 0.2) is 12.2 Å². The first kappa shape index (κ1) is 87.5. The van der Waals surface area contributed by atoms with Crippen LogP contribution in [-0.4, -0.2) is 96.7 Å². The molecule has 0 saturated heterocycles. The lowest BCUT2D eigenvalue weighted by Crippen LogP contribution is -2.30. The largest absolute Gasteiger partial charge is 0.472 e. The summed E-state index contributed by atoms with van der Waals surface area (Å²) in [5, 5.41) is 10.6. The zero-order chi connectivity index (χ0) is 66.6. The number of allylic oxidation sites excluding steroid dienone is 4. The number of rotatable bonds is 67. The van der Waals surface area contributed by atoms with Crippen LogP contribution in [0.15, 0.2) is 24.3 Å². The van der Waals surface area contributed by atoms with E-state index in [0.29, 0.717) is 31.6 Å². The summed E-state index contributed by atoms with van der Waals surface area (Å²) in [6, 6.07) is 0. The van der Waals surface area contributed by atoms with Crippen molar-refractivity contribution in [2.75, 3.05) is 39.6 Å². The minimum Gasteiger partial charge on any atom is -0.462 e. The molecule has 0 bridgehead atoms. The molecule has 90 heavy (non-hydrogen) atoms. The van der Waals surface area contributed by atoms with Crippen LogP contribution in [0.25, 0.3) is 0 Å². The van der Waals surface area contributed by atoms with Crippen LogP contribution in [0.1, 0.15) is 331 Å². The van der Waals surface area contributed by atoms with Crippen molar-refractivity contribution in [3.8, 4) is 0 Å². The molecule has 19 heteroatoms. The maximum absolute atomic E-state index is 13.0. The van der Waals surface area contributed by atoms with Crippen LogP contribution >= 0.6 is 15.6 Å². The van der Waals surface area contributed by atoms with Gasteiger partial charge < -0.3 is 33.8 Å². The van der Waals surface area contributed by atoms with E-state index in [0.717, 1.165) is 127 Å². The molecule has 6 atom stereocenters. The first-order chi connectivity index (χ1) is 43.3. The summed E-state index contributed by atoms with van der Waals surface area (Å²) in [6.45, 7) is 11.7. The van der Waals surface area contributed by atoms with Crippen molar-refractivity contribution in [2.24, 2.45) is 17.8 Å². The number of aliphatic hydroxyl groups excluding tert-OH is 1. The summed E-state index contributed by atoms with van der Waals surface area (Å²) in [7, 11) is -9.91. The Bertz CT molecular complexity index is 1860. The Hall–Kier alpha value is -2.46. The number of carbonyl (C=O) groups is 4. The van der Waals surface area contributed by atoms with Gasteiger partial charge >= 0.3 is 39.5 Å². The Kier molecular flexibility index (Phi) is 59.7. The average molecular weight is 1320 g/mol. The molecule has 17 nitrogen and oxygen atoms in total. The highest BCUT2D eigenvalue weighted by atomic mass is 31.2. The van der Waals surface area contributed by atoms with Gasteiger partial charge in [-0.2, -0.15) is 0 Å². The standard InChI is InChI=1S/C71H134O17P2/c1-8-10-11-12-13-14-15-16-17-18-19-25-30-38-45-52-68(73)81-58-66(87-70(75)54-47-40-31-26-21-20-24-29-37-44-51-64(7)9-2)60-85-89(77,78)83-56-65(72)57-84-90(79,80)86-61-67(59-82-69(74)53-46-39-34-33-36-43-50-63(5)6)88-71(76)55-48-41-32-27-22-23-28-35-42-49-62(3)4/h14-17,62-67,72H,8-13,18-61H2,1-7H3,(H,77,78)(H,79,80)/b15-14-,17-16-/t64?,65-,66-,67-/m1/s1. The summed E-state index contributed by atoms with van der Waals surface area (Å²) in [4.78, 5) is 72.5. The van der Waals surface area contributed by atoms with E-state index in [1.165, 1.54) is 116 Å². The number of phosphoric acid groups is 2. The third-order valence-corrected chi connectivity index (χ3v) is 18.0. The van der Waals surface area contributed by atoms with Crippen LogP contribution < -0.4 is 0 Å². The van der Waals surface area contributed by atoms with E-state index in [9.17, 15) is 43.2 Å². The topological polar surface area (TPSA) is 237 Å². The van der Waals surface area contributed by atoms with Crippen LogP contribution in [0, 0.1) is 17.8 Å². The Morgan fingerprint density at radius 3 is 0.989 bits per heavy atom. The summed E-state index contributed by atoms with van der Waals surface area (Å²) >= 11 is 0. The first-order valence-electron chi connectivity index (χ1n) is 36.2. The fourth-order valence-corrected chi connectivity index (χ4v) is 11.7. The van der Waals surface area contributed by atoms with Crippen LogP contribution in [0.4, 0.5) is 0 Å². The van der Waals surface area contributed by atoms with Gasteiger partial charge in [-0.25, -0.2) is 9.13 Å². The van der Waals surface area contributed by atoms with Gasteiger partial charge in [-0.05, 0) is 69.1 Å². The molecule has 3 N–H and O–H groups in total. The Morgan fingerprint density at radius 1 is 0.367 bits per heavy atom. The molecule has 0 amide bonds. The van der Waals surface area contributed by atoms with Crippen molar-refractivity contribution in [3.05, 3.63) is 24.3 Å². The van der Waals surface area contributed by atoms with Crippen molar-refractivity contribution < 1.29 is 80.2 Å². The van der Waals surface area contributed by atoms with E-state index < -0.39 is 97.5 Å². The van der Waals surface area contributed by atoms with E-state index in [2.05, 4.69) is 72.8 Å². The number of phosphoric ester groups is 2. The van der Waals surface area contributed by atoms with Crippen LogP contribution in [0.2, 0.25) is 0 Å². The van der Waals surface area contributed by atoms with Crippen LogP contribution in [0.3, 0.4) is 0 Å². The van der Waals surface area contributed by atoms with Crippen molar-refractivity contribution >= 4 is 39.5 Å². The van der Waals surface area contributed by atoms with Gasteiger partial charge in [-0.3, -0.25) is 37.3 Å². The highest BCUT2D eigenvalue weighted by molar-refractivity contribution is 7.47. The van der Waals surface area contributed by atoms with Gasteiger partial charge in [0.1, 0.15) is 19.3 Å². The molecule has 0 fully saturated rings. The lowest BCUT2D eigenvalue weighted by Gasteiger charge is -2.21. The van der Waals surface area contributed by atoms with Gasteiger partial charge in [0.25, 0.3) is 0 Å². The predicted molar refractivity (Wildman–Crippen MR) is 363 cm³/mol. The SMILES string of the molecule is CCCCCC/C=C\C=C/CCCCCCCC(=O)OC[C@H](COP(=O)(O)OC[C@@H](O)COP(=O)(O)OC[C@@H](COC(=O)CCCCCCCCC(C)C)OC(=O)CCCCCCCCCCCC(C)C)OC(=O)CCCCCCCCCCCCC(C)CC. The van der Waals surface area contributed by atoms with Gasteiger partial charge in [0.2, 0.25) is 0 Å². The smallest absolute Gasteiger partial charge is 0.462 e. The predicted octanol–water partition coefficient (Wildman–Crippen LogP) is 19.8. The fraction of sp³-hybridized carbons (Fsp3) is 0.887. The van der Waals surface area contributed by atoms with Gasteiger partial charge in [0.05, 0.1) is 26.4 Å². The molecule has 0 heterocycles. The molecule has 0 aromatic carbocycles. The molecule has 0 aromatic heterocycles. The van der Waals surface area contributed by atoms with E-state index in [-0.39, 0.29) is 25.7 Å². The minimum atomic E-state index is -4.96. The number of esters is 4. The number of aliphatic hydroxyl groups is 1. The lowest BCUT2D eigenvalue weighted by atomic mass is 9.99. The lowest BCUT2D eigenvalue weighted by molar-refractivity contribution is -0.161. The van der Waals surface area contributed by atoms with Crippen molar-refractivity contribution in [1.82, 2.24) is 0 Å². The molecule has 0 aliphatic heterocycles. The normalized spacial score (nSPS) is 14.7. The molecule has 3 unspecified atom stereocenters. The second-order valence-electron chi connectivity index (χ2n) is 26.1. The van der Waals surface area contributed by atoms with Crippen LogP contribution in [0.5, 0.6) is 0 Å². The molecule has 0 aliphatic rings. The maximum Gasteiger partial charge on any atom is 0.472 e. The molecular weight excluding hydrogens is 1190 g/mol. The van der Waals surface area contributed by atoms with E-state index in [1.807, 2.05) is 0 Å². The summed E-state index contributed by atoms with van der Waals surface area (Å²) in [5.41, 5.74) is 0. The molecule has 530 valence electrons. The second kappa shape index (κ2) is 61.4. The molecule has 0 spiro atoms. The molecule has 0 saturated carbocycles. The molecule has 0 rings (SSSR count). The van der Waals surface area contributed by atoms with Gasteiger partial charge in [-0.15, -0.1) is 0 Å². The first-order valence-corrected chi connectivity index (χ1v) is 39.2. The number of ether oxygens (including phenoxy) is 4. The molecule has 0 radical (unpaired) electrons. The fourth-order valence-electron chi connectivity index (χ4n) is 10.1. The van der Waals surface area contributed by atoms with Gasteiger partial charge in [-0.1, -0.05) is 278 Å². The zero-order valence-electron chi connectivity index (χ0n) is 58.1. The number of hydrogen-bond donors (Lipinski definition) is 3. The average Bonchev–Trinajstić information content (AvgIpc) is 2.22. The zero-order valence-corrected chi connectivity index (χ0v) is 59.9. The number of unbranched alkanes of at least 4 members (excludes halogenated alkanes) is 31. The Balaban J connectivity index is 5.29. The quantitative estimate of drug-likeness (QED) is 0.0169. The maximum atomic E-state index is 13.0.